The molecule has 1 aromatic rings. The van der Waals surface area contributed by atoms with E-state index in [1.165, 1.54) is 28.4 Å². The Kier molecular flexibility index (Phi) is 1.86. The number of anilines is 1. The molecule has 2 aliphatic rings. The highest BCUT2D eigenvalue weighted by Crippen LogP contribution is 2.59. The quantitative estimate of drug-likeness (QED) is 0.820. The average Bonchev–Trinajstić information content (AvgIpc) is 2.76. The molecule has 0 radical (unpaired) electrons. The van der Waals surface area contributed by atoms with E-state index in [0.717, 1.165) is 12.2 Å². The monoisotopic (exact) mass is 241 g/mol. The van der Waals surface area contributed by atoms with E-state index >= 15 is 0 Å². The van der Waals surface area contributed by atoms with Gasteiger partial charge in [0.2, 0.25) is 0 Å². The number of hydrogen-bond acceptors (Lipinski definition) is 4. The van der Waals surface area contributed by atoms with E-state index in [-0.39, 0.29) is 0 Å². The van der Waals surface area contributed by atoms with Gasteiger partial charge in [0.15, 0.2) is 0 Å². The van der Waals surface area contributed by atoms with E-state index in [2.05, 4.69) is 11.9 Å². The number of carboxylic acid groups (broad SMARTS) is 1. The van der Waals surface area contributed by atoms with E-state index in [4.69, 9.17) is 5.11 Å². The van der Waals surface area contributed by atoms with Gasteiger partial charge >= 0.3 is 5.97 Å². The molecule has 0 aromatic carbocycles. The zero-order chi connectivity index (χ0) is 10.6. The number of nitrogens with zero attached hydrogens (tertiary/aromatic N) is 1. The minimum atomic E-state index is -0.812. The van der Waals surface area contributed by atoms with Gasteiger partial charge in [-0.15, -0.1) is 23.1 Å². The van der Waals surface area contributed by atoms with Crippen LogP contribution in [0.1, 0.15) is 22.5 Å². The van der Waals surface area contributed by atoms with Crippen molar-refractivity contribution in [2.45, 2.75) is 21.8 Å². The first kappa shape index (κ1) is 9.54. The second-order valence-corrected chi connectivity index (χ2v) is 7.02. The number of thiophene rings is 1. The van der Waals surface area contributed by atoms with Crippen molar-refractivity contribution >= 4 is 34.8 Å². The molecule has 1 saturated carbocycles. The van der Waals surface area contributed by atoms with Gasteiger partial charge in [0.05, 0.1) is 9.90 Å². The fourth-order valence-electron chi connectivity index (χ4n) is 1.96. The first-order chi connectivity index (χ1) is 7.10. The lowest BCUT2D eigenvalue weighted by Crippen LogP contribution is -2.31. The van der Waals surface area contributed by atoms with Crippen LogP contribution in [0.25, 0.3) is 0 Å². The Morgan fingerprint density at radius 2 is 2.33 bits per heavy atom. The molecule has 1 aliphatic carbocycles. The molecule has 1 spiro atoms. The molecule has 1 aromatic heterocycles. The Labute approximate surface area is 96.1 Å². The van der Waals surface area contributed by atoms with Crippen molar-refractivity contribution in [1.82, 2.24) is 0 Å². The maximum atomic E-state index is 10.9. The molecule has 0 saturated heterocycles. The van der Waals surface area contributed by atoms with Gasteiger partial charge in [0, 0.05) is 18.3 Å². The summed E-state index contributed by atoms with van der Waals surface area (Å²) in [7, 11) is 2.05. The minimum Gasteiger partial charge on any atom is -0.477 e. The number of carboxylic acids is 1. The highest BCUT2D eigenvalue weighted by Gasteiger charge is 2.48. The van der Waals surface area contributed by atoms with Crippen LogP contribution < -0.4 is 4.90 Å². The molecular weight excluding hydrogens is 230 g/mol. The molecule has 5 heteroatoms. The first-order valence-corrected chi connectivity index (χ1v) is 6.50. The first-order valence-electron chi connectivity index (χ1n) is 4.87. The van der Waals surface area contributed by atoms with Crippen molar-refractivity contribution in [1.29, 1.82) is 0 Å². The Morgan fingerprint density at radius 1 is 1.60 bits per heavy atom. The van der Waals surface area contributed by atoms with Crippen molar-refractivity contribution in [2.75, 3.05) is 18.5 Å². The summed E-state index contributed by atoms with van der Waals surface area (Å²) in [5, 5.41) is 8.95. The Morgan fingerprint density at radius 3 is 2.93 bits per heavy atom. The highest BCUT2D eigenvalue weighted by molar-refractivity contribution is 8.03. The zero-order valence-corrected chi connectivity index (χ0v) is 9.95. The van der Waals surface area contributed by atoms with Crippen molar-refractivity contribution in [3.8, 4) is 0 Å². The van der Waals surface area contributed by atoms with E-state index in [9.17, 15) is 4.79 Å². The smallest absolute Gasteiger partial charge is 0.345 e. The van der Waals surface area contributed by atoms with Gasteiger partial charge in [0.1, 0.15) is 4.88 Å². The van der Waals surface area contributed by atoms with E-state index in [1.807, 2.05) is 11.8 Å². The number of hydrogen-bond donors (Lipinski definition) is 1. The number of fused-ring (bicyclic) bond motifs is 1. The number of aromatic carboxylic acids is 1. The minimum absolute atomic E-state index is 0.405. The van der Waals surface area contributed by atoms with Crippen molar-refractivity contribution < 1.29 is 9.90 Å². The SMILES string of the molecule is CN1CC2(CC2)Sc2sc(C(=O)O)cc21. The summed E-state index contributed by atoms with van der Waals surface area (Å²) in [4.78, 5) is 13.5. The highest BCUT2D eigenvalue weighted by atomic mass is 32.2. The third-order valence-corrected chi connectivity index (χ3v) is 5.72. The molecule has 3 rings (SSSR count). The van der Waals surface area contributed by atoms with Crippen LogP contribution in [0, 0.1) is 0 Å². The van der Waals surface area contributed by atoms with Crippen LogP contribution in [0.15, 0.2) is 10.3 Å². The van der Waals surface area contributed by atoms with Crippen LogP contribution in [0.4, 0.5) is 5.69 Å². The molecule has 80 valence electrons. The summed E-state index contributed by atoms with van der Waals surface area (Å²) in [6.07, 6.45) is 2.53. The zero-order valence-electron chi connectivity index (χ0n) is 8.32. The summed E-state index contributed by atoms with van der Waals surface area (Å²) < 4.78 is 1.58. The van der Waals surface area contributed by atoms with Crippen molar-refractivity contribution in [2.24, 2.45) is 0 Å². The van der Waals surface area contributed by atoms with Gasteiger partial charge in [-0.3, -0.25) is 0 Å². The van der Waals surface area contributed by atoms with Crippen LogP contribution in [-0.2, 0) is 0 Å². The third kappa shape index (κ3) is 1.45. The Bertz CT molecular complexity index is 437. The van der Waals surface area contributed by atoms with Crippen LogP contribution in [-0.4, -0.2) is 29.4 Å². The van der Waals surface area contributed by atoms with Gasteiger partial charge in [-0.2, -0.15) is 0 Å². The molecule has 0 unspecified atom stereocenters. The Balaban J connectivity index is 2.02. The fourth-order valence-corrected chi connectivity index (χ4v) is 4.98. The molecule has 3 nitrogen and oxygen atoms in total. The summed E-state index contributed by atoms with van der Waals surface area (Å²) in [6.45, 7) is 1.06. The lowest BCUT2D eigenvalue weighted by atomic mass is 10.3. The molecule has 0 amide bonds. The molecular formula is C10H11NO2S2. The van der Waals surface area contributed by atoms with Crippen LogP contribution in [0.3, 0.4) is 0 Å². The summed E-state index contributed by atoms with van der Waals surface area (Å²) in [5.41, 5.74) is 1.10. The lowest BCUT2D eigenvalue weighted by molar-refractivity contribution is 0.0702. The largest absolute Gasteiger partial charge is 0.477 e. The molecule has 1 fully saturated rings. The van der Waals surface area contributed by atoms with Crippen LogP contribution >= 0.6 is 23.1 Å². The molecule has 0 atom stereocenters. The van der Waals surface area contributed by atoms with E-state index < -0.39 is 5.97 Å². The fraction of sp³-hybridized carbons (Fsp3) is 0.500. The topological polar surface area (TPSA) is 40.5 Å². The average molecular weight is 241 g/mol. The van der Waals surface area contributed by atoms with E-state index in [0.29, 0.717) is 9.62 Å². The van der Waals surface area contributed by atoms with Gasteiger partial charge in [-0.25, -0.2) is 4.79 Å². The van der Waals surface area contributed by atoms with Crippen LogP contribution in [0.2, 0.25) is 0 Å². The molecule has 15 heavy (non-hydrogen) atoms. The van der Waals surface area contributed by atoms with E-state index in [1.54, 1.807) is 6.07 Å². The van der Waals surface area contributed by atoms with Crippen molar-refractivity contribution in [3.05, 3.63) is 10.9 Å². The second-order valence-electron chi connectivity index (χ2n) is 4.23. The summed E-state index contributed by atoms with van der Waals surface area (Å²) in [6, 6.07) is 1.80. The van der Waals surface area contributed by atoms with Gasteiger partial charge < -0.3 is 10.0 Å². The van der Waals surface area contributed by atoms with Gasteiger partial charge in [-0.05, 0) is 18.9 Å². The summed E-state index contributed by atoms with van der Waals surface area (Å²) >= 11 is 3.29. The maximum Gasteiger partial charge on any atom is 0.345 e. The van der Waals surface area contributed by atoms with Crippen molar-refractivity contribution in [3.63, 3.8) is 0 Å². The number of carbonyl (C=O) groups is 1. The second kappa shape index (κ2) is 2.92. The molecule has 0 bridgehead atoms. The van der Waals surface area contributed by atoms with Gasteiger partial charge in [0.25, 0.3) is 0 Å². The normalized spacial score (nSPS) is 21.5. The molecule has 1 aliphatic heterocycles. The van der Waals surface area contributed by atoms with Crippen LogP contribution in [0.5, 0.6) is 0 Å². The molecule has 2 heterocycles. The molecule has 1 N–H and O–H groups in total. The number of rotatable bonds is 1. The standard InChI is InChI=1S/C10H11NO2S2/c1-11-5-10(2-3-10)15-9-6(11)4-7(14-9)8(12)13/h4H,2-3,5H2,1H3,(H,12,13). The number of thioether (sulfide) groups is 1. The maximum absolute atomic E-state index is 10.9. The van der Waals surface area contributed by atoms with Gasteiger partial charge in [-0.1, -0.05) is 0 Å². The summed E-state index contributed by atoms with van der Waals surface area (Å²) in [5.74, 6) is -0.812. The third-order valence-electron chi connectivity index (χ3n) is 2.94. The lowest BCUT2D eigenvalue weighted by Gasteiger charge is -2.30. The predicted molar refractivity (Wildman–Crippen MR) is 62.4 cm³/mol. The Hall–Kier alpha value is -0.680. The predicted octanol–water partition coefficient (Wildman–Crippen LogP) is 2.52.